The molecule has 0 radical (unpaired) electrons. The fourth-order valence-corrected chi connectivity index (χ4v) is 1.35. The van der Waals surface area contributed by atoms with Crippen molar-refractivity contribution < 1.29 is 19.2 Å². The van der Waals surface area contributed by atoms with E-state index in [9.17, 15) is 0 Å². The molecule has 4 nitrogen and oxygen atoms in total. The molecule has 0 bridgehead atoms. The Morgan fingerprint density at radius 1 is 1.33 bits per heavy atom. The van der Waals surface area contributed by atoms with Crippen molar-refractivity contribution in [3.63, 3.8) is 0 Å². The van der Waals surface area contributed by atoms with Crippen molar-refractivity contribution in [3.05, 3.63) is 24.2 Å². The summed E-state index contributed by atoms with van der Waals surface area (Å²) in [6.07, 6.45) is 1.57. The Morgan fingerprint density at radius 3 is 2.60 bits per heavy atom. The van der Waals surface area contributed by atoms with E-state index in [0.29, 0.717) is 13.2 Å². The van der Waals surface area contributed by atoms with E-state index >= 15 is 0 Å². The SMILES string of the molecule is CCOC(C[NH2+]Cc1ccco1)OCC. The van der Waals surface area contributed by atoms with Crippen LogP contribution in [-0.2, 0) is 16.0 Å². The van der Waals surface area contributed by atoms with Crippen LogP contribution in [0.25, 0.3) is 0 Å². The topological polar surface area (TPSA) is 48.2 Å². The Bertz CT molecular complexity index is 230. The molecule has 0 saturated carbocycles. The largest absolute Gasteiger partial charge is 0.463 e. The summed E-state index contributed by atoms with van der Waals surface area (Å²) >= 11 is 0. The van der Waals surface area contributed by atoms with E-state index in [2.05, 4.69) is 5.32 Å². The molecule has 0 aromatic carbocycles. The zero-order valence-corrected chi connectivity index (χ0v) is 9.44. The number of nitrogens with two attached hydrogens (primary N) is 1. The summed E-state index contributed by atoms with van der Waals surface area (Å²) in [5.41, 5.74) is 0. The maximum Gasteiger partial charge on any atom is 0.207 e. The molecular formula is C11H20NO3+. The zero-order chi connectivity index (χ0) is 10.9. The Hall–Kier alpha value is -0.840. The van der Waals surface area contributed by atoms with E-state index in [1.165, 1.54) is 0 Å². The van der Waals surface area contributed by atoms with E-state index in [1.54, 1.807) is 6.26 Å². The van der Waals surface area contributed by atoms with Gasteiger partial charge in [0, 0.05) is 13.2 Å². The third-order valence-corrected chi connectivity index (χ3v) is 1.99. The molecule has 0 atom stereocenters. The van der Waals surface area contributed by atoms with Crippen LogP contribution in [0.2, 0.25) is 0 Å². The first kappa shape index (κ1) is 12.2. The smallest absolute Gasteiger partial charge is 0.207 e. The van der Waals surface area contributed by atoms with Gasteiger partial charge >= 0.3 is 0 Å². The fourth-order valence-electron chi connectivity index (χ4n) is 1.35. The van der Waals surface area contributed by atoms with Crippen LogP contribution in [-0.4, -0.2) is 26.0 Å². The second kappa shape index (κ2) is 7.45. The second-order valence-electron chi connectivity index (χ2n) is 3.15. The molecule has 2 N–H and O–H groups in total. The fraction of sp³-hybridized carbons (Fsp3) is 0.636. The van der Waals surface area contributed by atoms with Gasteiger partial charge in [0.2, 0.25) is 6.29 Å². The van der Waals surface area contributed by atoms with E-state index in [0.717, 1.165) is 18.8 Å². The van der Waals surface area contributed by atoms with Gasteiger partial charge in [0.15, 0.2) is 5.76 Å². The Morgan fingerprint density at radius 2 is 2.07 bits per heavy atom. The molecule has 0 aliphatic carbocycles. The third kappa shape index (κ3) is 4.97. The molecule has 1 heterocycles. The molecule has 0 aliphatic rings. The van der Waals surface area contributed by atoms with Crippen molar-refractivity contribution in [2.24, 2.45) is 0 Å². The second-order valence-corrected chi connectivity index (χ2v) is 3.15. The molecule has 1 aromatic rings. The maximum atomic E-state index is 5.42. The number of ether oxygens (including phenoxy) is 2. The van der Waals surface area contributed by atoms with E-state index in [-0.39, 0.29) is 6.29 Å². The summed E-state index contributed by atoms with van der Waals surface area (Å²) in [5, 5.41) is 2.12. The van der Waals surface area contributed by atoms with Gasteiger partial charge in [0.25, 0.3) is 0 Å². The van der Waals surface area contributed by atoms with E-state index in [4.69, 9.17) is 13.9 Å². The van der Waals surface area contributed by atoms with Crippen LogP contribution in [0.15, 0.2) is 22.8 Å². The average Bonchev–Trinajstić information content (AvgIpc) is 2.71. The van der Waals surface area contributed by atoms with Gasteiger partial charge in [-0.15, -0.1) is 0 Å². The van der Waals surface area contributed by atoms with Crippen molar-refractivity contribution in [1.29, 1.82) is 0 Å². The average molecular weight is 214 g/mol. The highest BCUT2D eigenvalue weighted by molar-refractivity contribution is 4.95. The zero-order valence-electron chi connectivity index (χ0n) is 9.44. The molecular weight excluding hydrogens is 194 g/mol. The van der Waals surface area contributed by atoms with Crippen molar-refractivity contribution >= 4 is 0 Å². The summed E-state index contributed by atoms with van der Waals surface area (Å²) < 4.78 is 16.1. The first-order valence-electron chi connectivity index (χ1n) is 5.44. The molecule has 0 fully saturated rings. The number of hydrogen-bond acceptors (Lipinski definition) is 3. The van der Waals surface area contributed by atoms with Crippen LogP contribution in [0.1, 0.15) is 19.6 Å². The van der Waals surface area contributed by atoms with Gasteiger partial charge in [0.05, 0.1) is 6.26 Å². The van der Waals surface area contributed by atoms with Gasteiger partial charge in [-0.3, -0.25) is 0 Å². The monoisotopic (exact) mass is 214 g/mol. The molecule has 86 valence electrons. The van der Waals surface area contributed by atoms with Gasteiger partial charge in [-0.25, -0.2) is 0 Å². The number of furan rings is 1. The van der Waals surface area contributed by atoms with Crippen molar-refractivity contribution in [3.8, 4) is 0 Å². The lowest BCUT2D eigenvalue weighted by atomic mass is 10.4. The predicted molar refractivity (Wildman–Crippen MR) is 56.2 cm³/mol. The maximum absolute atomic E-state index is 5.42. The van der Waals surface area contributed by atoms with E-state index < -0.39 is 0 Å². The minimum Gasteiger partial charge on any atom is -0.463 e. The molecule has 0 aliphatic heterocycles. The molecule has 0 spiro atoms. The van der Waals surface area contributed by atoms with Gasteiger partial charge in [0.1, 0.15) is 13.1 Å². The number of hydrogen-bond donors (Lipinski definition) is 1. The van der Waals surface area contributed by atoms with Crippen molar-refractivity contribution in [1.82, 2.24) is 0 Å². The highest BCUT2D eigenvalue weighted by Crippen LogP contribution is 1.96. The molecule has 0 amide bonds. The van der Waals surface area contributed by atoms with Crippen LogP contribution in [0.3, 0.4) is 0 Å². The standard InChI is InChI=1S/C11H19NO3/c1-3-13-11(14-4-2)9-12-8-10-6-5-7-15-10/h5-7,11-12H,3-4,8-9H2,1-2H3/p+1. The van der Waals surface area contributed by atoms with Crippen LogP contribution in [0, 0.1) is 0 Å². The normalized spacial score (nSPS) is 11.1. The van der Waals surface area contributed by atoms with Crippen LogP contribution >= 0.6 is 0 Å². The Kier molecular flexibility index (Phi) is 6.08. The predicted octanol–water partition coefficient (Wildman–Crippen LogP) is 0.742. The molecule has 4 heteroatoms. The Labute approximate surface area is 90.6 Å². The van der Waals surface area contributed by atoms with Crippen molar-refractivity contribution in [2.75, 3.05) is 19.8 Å². The summed E-state index contributed by atoms with van der Waals surface area (Å²) in [6, 6.07) is 3.86. The quantitative estimate of drug-likeness (QED) is 0.649. The molecule has 15 heavy (non-hydrogen) atoms. The van der Waals surface area contributed by atoms with Crippen molar-refractivity contribution in [2.45, 2.75) is 26.7 Å². The van der Waals surface area contributed by atoms with Gasteiger partial charge in [-0.2, -0.15) is 0 Å². The van der Waals surface area contributed by atoms with Gasteiger partial charge in [-0.05, 0) is 26.0 Å². The highest BCUT2D eigenvalue weighted by atomic mass is 16.7. The first-order chi connectivity index (χ1) is 7.36. The van der Waals surface area contributed by atoms with Crippen LogP contribution in [0.5, 0.6) is 0 Å². The number of quaternary nitrogens is 1. The summed E-state index contributed by atoms with van der Waals surface area (Å²) in [7, 11) is 0. The van der Waals surface area contributed by atoms with Crippen LogP contribution < -0.4 is 5.32 Å². The lowest BCUT2D eigenvalue weighted by molar-refractivity contribution is -0.684. The van der Waals surface area contributed by atoms with Gasteiger partial charge < -0.3 is 19.2 Å². The summed E-state index contributed by atoms with van der Waals surface area (Å²) in [5.74, 6) is 0.974. The highest BCUT2D eigenvalue weighted by Gasteiger charge is 2.10. The summed E-state index contributed by atoms with van der Waals surface area (Å²) in [6.45, 7) is 6.92. The molecule has 1 aromatic heterocycles. The number of rotatable bonds is 8. The first-order valence-corrected chi connectivity index (χ1v) is 5.44. The third-order valence-electron chi connectivity index (χ3n) is 1.99. The van der Waals surface area contributed by atoms with Gasteiger partial charge in [-0.1, -0.05) is 0 Å². The molecule has 1 rings (SSSR count). The summed E-state index contributed by atoms with van der Waals surface area (Å²) in [4.78, 5) is 0. The Balaban J connectivity index is 2.15. The minimum absolute atomic E-state index is 0.116. The minimum atomic E-state index is -0.116. The molecule has 0 unspecified atom stereocenters. The molecule has 0 saturated heterocycles. The van der Waals surface area contributed by atoms with E-state index in [1.807, 2.05) is 26.0 Å². The lowest BCUT2D eigenvalue weighted by Gasteiger charge is -2.14. The van der Waals surface area contributed by atoms with Crippen LogP contribution in [0.4, 0.5) is 0 Å². The lowest BCUT2D eigenvalue weighted by Crippen LogP contribution is -2.85.